The topological polar surface area (TPSA) is 71.6 Å². The van der Waals surface area contributed by atoms with Crippen LogP contribution >= 0.6 is 0 Å². The standard InChI is InChI=1S/C20H27N5O2/c1-5-24(6-2)11-8-10-21-19(26)16-13-15-18(23(16)4)22-17-14(3)9-7-12-25(17)20(15)27/h7,9,12-13H,5-6,8,10-11H2,1-4H3,(H,21,26). The molecule has 0 aliphatic carbocycles. The smallest absolute Gasteiger partial charge is 0.267 e. The third-order valence-electron chi connectivity index (χ3n) is 5.09. The van der Waals surface area contributed by atoms with E-state index in [2.05, 4.69) is 29.0 Å². The lowest BCUT2D eigenvalue weighted by Crippen LogP contribution is -2.30. The Kier molecular flexibility index (Phi) is 5.60. The highest BCUT2D eigenvalue weighted by Gasteiger charge is 2.17. The fourth-order valence-electron chi connectivity index (χ4n) is 3.38. The zero-order chi connectivity index (χ0) is 19.6. The van der Waals surface area contributed by atoms with Gasteiger partial charge in [0.2, 0.25) is 0 Å². The number of aryl methyl sites for hydroxylation is 2. The Morgan fingerprint density at radius 2 is 2.00 bits per heavy atom. The van der Waals surface area contributed by atoms with Crippen molar-refractivity contribution in [2.45, 2.75) is 27.2 Å². The van der Waals surface area contributed by atoms with Gasteiger partial charge in [0.1, 0.15) is 17.0 Å². The normalized spacial score (nSPS) is 11.6. The van der Waals surface area contributed by atoms with Crippen molar-refractivity contribution in [1.29, 1.82) is 0 Å². The largest absolute Gasteiger partial charge is 0.351 e. The summed E-state index contributed by atoms with van der Waals surface area (Å²) < 4.78 is 3.23. The van der Waals surface area contributed by atoms with Gasteiger partial charge in [0.05, 0.1) is 5.39 Å². The van der Waals surface area contributed by atoms with Gasteiger partial charge in [0.15, 0.2) is 0 Å². The molecule has 0 saturated carbocycles. The summed E-state index contributed by atoms with van der Waals surface area (Å²) in [6.07, 6.45) is 2.60. The van der Waals surface area contributed by atoms with Gasteiger partial charge in [-0.05, 0) is 50.7 Å². The predicted octanol–water partition coefficient (Wildman–Crippen LogP) is 1.96. The molecule has 7 nitrogen and oxygen atoms in total. The predicted molar refractivity (Wildman–Crippen MR) is 107 cm³/mol. The Hall–Kier alpha value is -2.67. The molecule has 0 atom stereocenters. The molecule has 0 aliphatic heterocycles. The van der Waals surface area contributed by atoms with Crippen molar-refractivity contribution in [3.63, 3.8) is 0 Å². The van der Waals surface area contributed by atoms with E-state index in [1.54, 1.807) is 23.9 Å². The van der Waals surface area contributed by atoms with Crippen molar-refractivity contribution in [1.82, 2.24) is 24.2 Å². The van der Waals surface area contributed by atoms with Crippen molar-refractivity contribution in [2.24, 2.45) is 7.05 Å². The number of fused-ring (bicyclic) bond motifs is 2. The molecule has 0 saturated heterocycles. The first-order chi connectivity index (χ1) is 13.0. The minimum Gasteiger partial charge on any atom is -0.351 e. The summed E-state index contributed by atoms with van der Waals surface area (Å²) in [4.78, 5) is 32.4. The maximum absolute atomic E-state index is 12.8. The second-order valence-corrected chi connectivity index (χ2v) is 6.76. The molecule has 0 bridgehead atoms. The lowest BCUT2D eigenvalue weighted by Gasteiger charge is -2.17. The average Bonchev–Trinajstić information content (AvgIpc) is 3.00. The fraction of sp³-hybridized carbons (Fsp3) is 0.450. The van der Waals surface area contributed by atoms with Gasteiger partial charge >= 0.3 is 0 Å². The molecule has 1 amide bonds. The Bertz CT molecular complexity index is 1030. The van der Waals surface area contributed by atoms with E-state index in [1.807, 2.05) is 19.1 Å². The number of aromatic nitrogens is 3. The highest BCUT2D eigenvalue weighted by atomic mass is 16.2. The summed E-state index contributed by atoms with van der Waals surface area (Å²) in [5, 5.41) is 3.41. The van der Waals surface area contributed by atoms with E-state index in [-0.39, 0.29) is 11.5 Å². The first-order valence-electron chi connectivity index (χ1n) is 9.45. The van der Waals surface area contributed by atoms with Crippen molar-refractivity contribution >= 4 is 22.6 Å². The van der Waals surface area contributed by atoms with E-state index >= 15 is 0 Å². The Morgan fingerprint density at radius 1 is 1.26 bits per heavy atom. The summed E-state index contributed by atoms with van der Waals surface area (Å²) in [5.41, 5.74) is 2.35. The molecule has 3 heterocycles. The Morgan fingerprint density at radius 3 is 2.70 bits per heavy atom. The van der Waals surface area contributed by atoms with Crippen LogP contribution in [-0.4, -0.2) is 50.9 Å². The fourth-order valence-corrected chi connectivity index (χ4v) is 3.38. The summed E-state index contributed by atoms with van der Waals surface area (Å²) in [7, 11) is 1.77. The third-order valence-corrected chi connectivity index (χ3v) is 5.09. The minimum atomic E-state index is -0.180. The molecule has 3 aromatic heterocycles. The number of nitrogens with one attached hydrogen (secondary N) is 1. The second-order valence-electron chi connectivity index (χ2n) is 6.76. The number of hydrogen-bond donors (Lipinski definition) is 1. The molecule has 144 valence electrons. The summed E-state index contributed by atoms with van der Waals surface area (Å²) in [6.45, 7) is 9.76. The van der Waals surface area contributed by atoms with Gasteiger partial charge in [-0.3, -0.25) is 14.0 Å². The van der Waals surface area contributed by atoms with Gasteiger partial charge in [0, 0.05) is 19.8 Å². The summed E-state index contributed by atoms with van der Waals surface area (Å²) in [5.74, 6) is -0.180. The lowest BCUT2D eigenvalue weighted by molar-refractivity contribution is 0.0944. The number of amides is 1. The molecule has 3 aromatic rings. The molecule has 3 rings (SSSR count). The first kappa shape index (κ1) is 19.1. The SMILES string of the molecule is CCN(CC)CCCNC(=O)c1cc2c(=O)n3cccc(C)c3nc2n1C. The lowest BCUT2D eigenvalue weighted by atomic mass is 10.3. The Balaban J connectivity index is 1.85. The van der Waals surface area contributed by atoms with Crippen molar-refractivity contribution in [3.05, 3.63) is 46.0 Å². The van der Waals surface area contributed by atoms with E-state index in [0.29, 0.717) is 28.9 Å². The van der Waals surface area contributed by atoms with Crippen LogP contribution in [0.15, 0.2) is 29.2 Å². The number of pyridine rings is 1. The van der Waals surface area contributed by atoms with Gasteiger partial charge in [-0.15, -0.1) is 0 Å². The van der Waals surface area contributed by atoms with Crippen molar-refractivity contribution in [3.8, 4) is 0 Å². The molecular formula is C20H27N5O2. The highest BCUT2D eigenvalue weighted by molar-refractivity contribution is 5.98. The molecule has 0 radical (unpaired) electrons. The number of carbonyl (C=O) groups is 1. The zero-order valence-corrected chi connectivity index (χ0v) is 16.5. The van der Waals surface area contributed by atoms with Crippen LogP contribution in [0.25, 0.3) is 16.7 Å². The van der Waals surface area contributed by atoms with Crippen LogP contribution in [0.4, 0.5) is 0 Å². The molecule has 0 unspecified atom stereocenters. The molecule has 0 aliphatic rings. The van der Waals surface area contributed by atoms with Crippen molar-refractivity contribution in [2.75, 3.05) is 26.2 Å². The molecule has 0 aromatic carbocycles. The van der Waals surface area contributed by atoms with E-state index in [1.165, 1.54) is 4.40 Å². The minimum absolute atomic E-state index is 0.158. The van der Waals surface area contributed by atoms with Gasteiger partial charge < -0.3 is 14.8 Å². The molecule has 0 spiro atoms. The van der Waals surface area contributed by atoms with Gasteiger partial charge in [-0.2, -0.15) is 0 Å². The van der Waals surface area contributed by atoms with Crippen LogP contribution in [0.5, 0.6) is 0 Å². The number of hydrogen-bond acceptors (Lipinski definition) is 4. The molecule has 0 fully saturated rings. The zero-order valence-electron chi connectivity index (χ0n) is 16.5. The van der Waals surface area contributed by atoms with Crippen molar-refractivity contribution < 1.29 is 4.79 Å². The van der Waals surface area contributed by atoms with Crippen LogP contribution in [0.2, 0.25) is 0 Å². The molecule has 7 heteroatoms. The van der Waals surface area contributed by atoms with Crippen LogP contribution in [0, 0.1) is 6.92 Å². The summed E-state index contributed by atoms with van der Waals surface area (Å²) in [6, 6.07) is 5.38. The van der Waals surface area contributed by atoms with Gasteiger partial charge in [-0.25, -0.2) is 4.98 Å². The van der Waals surface area contributed by atoms with Crippen LogP contribution in [0.3, 0.4) is 0 Å². The second kappa shape index (κ2) is 7.92. The summed E-state index contributed by atoms with van der Waals surface area (Å²) >= 11 is 0. The maximum Gasteiger partial charge on any atom is 0.267 e. The third kappa shape index (κ3) is 3.60. The molecular weight excluding hydrogens is 342 g/mol. The van der Waals surface area contributed by atoms with Crippen LogP contribution in [-0.2, 0) is 7.05 Å². The molecule has 27 heavy (non-hydrogen) atoms. The van der Waals surface area contributed by atoms with Crippen LogP contribution < -0.4 is 10.9 Å². The monoisotopic (exact) mass is 369 g/mol. The van der Waals surface area contributed by atoms with Crippen LogP contribution in [0.1, 0.15) is 36.3 Å². The number of carbonyl (C=O) groups excluding carboxylic acids is 1. The number of nitrogens with zero attached hydrogens (tertiary/aromatic N) is 4. The quantitative estimate of drug-likeness (QED) is 0.646. The van der Waals surface area contributed by atoms with E-state index in [4.69, 9.17) is 0 Å². The number of rotatable bonds is 7. The molecule has 1 N–H and O–H groups in total. The first-order valence-corrected chi connectivity index (χ1v) is 9.45. The van der Waals surface area contributed by atoms with E-state index in [9.17, 15) is 9.59 Å². The van der Waals surface area contributed by atoms with Gasteiger partial charge in [0.25, 0.3) is 11.5 Å². The van der Waals surface area contributed by atoms with E-state index in [0.717, 1.165) is 31.6 Å². The maximum atomic E-state index is 12.8. The average molecular weight is 369 g/mol. The highest BCUT2D eigenvalue weighted by Crippen LogP contribution is 2.16. The Labute approximate surface area is 158 Å². The van der Waals surface area contributed by atoms with Gasteiger partial charge in [-0.1, -0.05) is 19.9 Å². The van der Waals surface area contributed by atoms with E-state index < -0.39 is 0 Å².